The van der Waals surface area contributed by atoms with Gasteiger partial charge < -0.3 is 10.1 Å². The zero-order valence-corrected chi connectivity index (χ0v) is 18.9. The van der Waals surface area contributed by atoms with Gasteiger partial charge in [-0.05, 0) is 56.3 Å². The van der Waals surface area contributed by atoms with Gasteiger partial charge in [-0.15, -0.1) is 0 Å². The summed E-state index contributed by atoms with van der Waals surface area (Å²) in [6, 6.07) is 18.1. The Morgan fingerprint density at radius 3 is 2.33 bits per heavy atom. The summed E-state index contributed by atoms with van der Waals surface area (Å²) in [5.74, 6) is -0.0879. The molecule has 3 aromatic carbocycles. The molecule has 0 aliphatic carbocycles. The minimum atomic E-state index is -4.08. The van der Waals surface area contributed by atoms with Gasteiger partial charge in [-0.3, -0.25) is 19.2 Å². The quantitative estimate of drug-likeness (QED) is 0.372. The van der Waals surface area contributed by atoms with Crippen LogP contribution in [0.1, 0.15) is 12.5 Å². The second kappa shape index (κ2) is 10.1. The SMILES string of the molecule is CCOc1ccc(N(CC(=O)Nc2cccc([N+](=O)[O-])c2)S(=O)(=O)c2ccc(C)cc2)cc1. The second-order valence-corrected chi connectivity index (χ2v) is 8.97. The Kier molecular flexibility index (Phi) is 7.29. The maximum absolute atomic E-state index is 13.4. The van der Waals surface area contributed by atoms with Crippen molar-refractivity contribution in [1.82, 2.24) is 0 Å². The molecule has 1 N–H and O–H groups in total. The van der Waals surface area contributed by atoms with Gasteiger partial charge in [-0.1, -0.05) is 23.8 Å². The second-order valence-electron chi connectivity index (χ2n) is 7.11. The number of anilines is 2. The van der Waals surface area contributed by atoms with Gasteiger partial charge in [0.15, 0.2) is 0 Å². The molecule has 0 aliphatic heterocycles. The first-order chi connectivity index (χ1) is 15.7. The van der Waals surface area contributed by atoms with E-state index >= 15 is 0 Å². The van der Waals surface area contributed by atoms with Crippen molar-refractivity contribution in [2.45, 2.75) is 18.7 Å². The number of aryl methyl sites for hydroxylation is 1. The molecule has 0 atom stereocenters. The number of hydrogen-bond donors (Lipinski definition) is 1. The van der Waals surface area contributed by atoms with Gasteiger partial charge in [0.1, 0.15) is 12.3 Å². The Morgan fingerprint density at radius 2 is 1.73 bits per heavy atom. The molecule has 0 aliphatic rings. The van der Waals surface area contributed by atoms with E-state index in [1.807, 2.05) is 13.8 Å². The topological polar surface area (TPSA) is 119 Å². The predicted molar refractivity (Wildman–Crippen MR) is 125 cm³/mol. The number of amides is 1. The molecule has 0 spiro atoms. The predicted octanol–water partition coefficient (Wildman–Crippen LogP) is 4.14. The van der Waals surface area contributed by atoms with Crippen LogP contribution in [0.5, 0.6) is 5.75 Å². The van der Waals surface area contributed by atoms with Crippen LogP contribution in [0.2, 0.25) is 0 Å². The van der Waals surface area contributed by atoms with Gasteiger partial charge in [0.25, 0.3) is 15.7 Å². The number of sulfonamides is 1. The number of nitro groups is 1. The Labute approximate surface area is 191 Å². The first kappa shape index (κ1) is 23.7. The van der Waals surface area contributed by atoms with Crippen molar-refractivity contribution >= 4 is 33.0 Å². The van der Waals surface area contributed by atoms with E-state index in [1.165, 1.54) is 36.4 Å². The molecule has 9 nitrogen and oxygen atoms in total. The highest BCUT2D eigenvalue weighted by molar-refractivity contribution is 7.92. The van der Waals surface area contributed by atoms with Gasteiger partial charge in [0, 0.05) is 17.8 Å². The molecule has 0 heterocycles. The molecule has 0 bridgehead atoms. The number of carbonyl (C=O) groups excluding carboxylic acids is 1. The van der Waals surface area contributed by atoms with Gasteiger partial charge in [-0.25, -0.2) is 8.42 Å². The highest BCUT2D eigenvalue weighted by atomic mass is 32.2. The van der Waals surface area contributed by atoms with Crippen molar-refractivity contribution in [2.24, 2.45) is 0 Å². The third-order valence-electron chi connectivity index (χ3n) is 4.67. The minimum absolute atomic E-state index is 0.0325. The molecular formula is C23H23N3O6S. The van der Waals surface area contributed by atoms with E-state index in [0.29, 0.717) is 12.4 Å². The molecule has 0 fully saturated rings. The largest absolute Gasteiger partial charge is 0.494 e. The molecule has 10 heteroatoms. The molecule has 3 rings (SSSR count). The summed E-state index contributed by atoms with van der Waals surface area (Å²) >= 11 is 0. The summed E-state index contributed by atoms with van der Waals surface area (Å²) in [6.07, 6.45) is 0. The molecule has 0 saturated heterocycles. The van der Waals surface area contributed by atoms with Gasteiger partial charge in [-0.2, -0.15) is 0 Å². The van der Waals surface area contributed by atoms with Crippen molar-refractivity contribution in [1.29, 1.82) is 0 Å². The number of nitrogens with one attached hydrogen (secondary N) is 1. The van der Waals surface area contributed by atoms with Crippen LogP contribution in [-0.2, 0) is 14.8 Å². The number of hydrogen-bond acceptors (Lipinski definition) is 6. The van der Waals surface area contributed by atoms with E-state index in [0.717, 1.165) is 9.87 Å². The van der Waals surface area contributed by atoms with Crippen LogP contribution >= 0.6 is 0 Å². The van der Waals surface area contributed by atoms with Crippen LogP contribution < -0.4 is 14.4 Å². The summed E-state index contributed by atoms with van der Waals surface area (Å²) in [5, 5.41) is 13.5. The summed E-state index contributed by atoms with van der Waals surface area (Å²) in [5.41, 5.74) is 1.16. The number of rotatable bonds is 9. The highest BCUT2D eigenvalue weighted by Gasteiger charge is 2.27. The van der Waals surface area contributed by atoms with Crippen molar-refractivity contribution in [3.63, 3.8) is 0 Å². The number of non-ortho nitro benzene ring substituents is 1. The molecule has 172 valence electrons. The summed E-state index contributed by atoms with van der Waals surface area (Å²) in [6.45, 7) is 3.59. The van der Waals surface area contributed by atoms with Gasteiger partial charge >= 0.3 is 0 Å². The van der Waals surface area contributed by atoms with Crippen LogP contribution in [0.15, 0.2) is 77.7 Å². The molecule has 0 radical (unpaired) electrons. The number of nitrogens with zero attached hydrogens (tertiary/aromatic N) is 2. The van der Waals surface area contributed by atoms with Crippen LogP contribution in [0.3, 0.4) is 0 Å². The average molecular weight is 470 g/mol. The summed E-state index contributed by atoms with van der Waals surface area (Å²) < 4.78 is 33.2. The highest BCUT2D eigenvalue weighted by Crippen LogP contribution is 2.26. The van der Waals surface area contributed by atoms with E-state index in [9.17, 15) is 23.3 Å². The fraction of sp³-hybridized carbons (Fsp3) is 0.174. The number of ether oxygens (including phenoxy) is 1. The lowest BCUT2D eigenvalue weighted by molar-refractivity contribution is -0.384. The normalized spacial score (nSPS) is 11.0. The van der Waals surface area contributed by atoms with Gasteiger partial charge in [0.05, 0.1) is 22.1 Å². The zero-order chi connectivity index (χ0) is 24.0. The van der Waals surface area contributed by atoms with E-state index in [-0.39, 0.29) is 22.0 Å². The number of benzene rings is 3. The fourth-order valence-corrected chi connectivity index (χ4v) is 4.48. The fourth-order valence-electron chi connectivity index (χ4n) is 3.06. The lowest BCUT2D eigenvalue weighted by atomic mass is 10.2. The standard InChI is InChI=1S/C23H23N3O6S/c1-3-32-21-11-9-19(10-12-21)25(33(30,31)22-13-7-17(2)8-14-22)16-23(27)24-18-5-4-6-20(15-18)26(28)29/h4-15H,3,16H2,1-2H3,(H,24,27). The molecule has 1 amide bonds. The van der Waals surface area contributed by atoms with E-state index in [2.05, 4.69) is 5.32 Å². The van der Waals surface area contributed by atoms with Crippen molar-refractivity contribution in [3.05, 3.63) is 88.5 Å². The summed E-state index contributed by atoms with van der Waals surface area (Å²) in [4.78, 5) is 23.2. The number of nitro benzene ring substituents is 1. The van der Waals surface area contributed by atoms with E-state index < -0.39 is 27.4 Å². The lowest BCUT2D eigenvalue weighted by Gasteiger charge is -2.24. The van der Waals surface area contributed by atoms with E-state index in [1.54, 1.807) is 36.4 Å². The smallest absolute Gasteiger partial charge is 0.271 e. The van der Waals surface area contributed by atoms with Crippen LogP contribution in [0.4, 0.5) is 17.1 Å². The molecule has 0 saturated carbocycles. The average Bonchev–Trinajstić information content (AvgIpc) is 2.79. The Morgan fingerprint density at radius 1 is 1.06 bits per heavy atom. The summed E-state index contributed by atoms with van der Waals surface area (Å²) in [7, 11) is -4.08. The van der Waals surface area contributed by atoms with E-state index in [4.69, 9.17) is 4.74 Å². The minimum Gasteiger partial charge on any atom is -0.494 e. The van der Waals surface area contributed by atoms with Crippen LogP contribution in [0.25, 0.3) is 0 Å². The zero-order valence-electron chi connectivity index (χ0n) is 18.1. The third-order valence-corrected chi connectivity index (χ3v) is 6.46. The van der Waals surface area contributed by atoms with Gasteiger partial charge in [0.2, 0.25) is 5.91 Å². The van der Waals surface area contributed by atoms with Crippen molar-refractivity contribution < 1.29 is 22.9 Å². The lowest BCUT2D eigenvalue weighted by Crippen LogP contribution is -2.38. The van der Waals surface area contributed by atoms with Crippen LogP contribution in [-0.4, -0.2) is 32.4 Å². The van der Waals surface area contributed by atoms with Crippen LogP contribution in [0, 0.1) is 17.0 Å². The molecular weight excluding hydrogens is 446 g/mol. The van der Waals surface area contributed by atoms with Crippen molar-refractivity contribution in [2.75, 3.05) is 22.8 Å². The maximum Gasteiger partial charge on any atom is 0.271 e. The third kappa shape index (κ3) is 5.86. The monoisotopic (exact) mass is 469 g/mol. The molecule has 0 aromatic heterocycles. The maximum atomic E-state index is 13.4. The van der Waals surface area contributed by atoms with Crippen molar-refractivity contribution in [3.8, 4) is 5.75 Å². The Hall–Kier alpha value is -3.92. The molecule has 33 heavy (non-hydrogen) atoms. The molecule has 3 aromatic rings. The number of carbonyl (C=O) groups is 1. The first-order valence-electron chi connectivity index (χ1n) is 10.1. The first-order valence-corrected chi connectivity index (χ1v) is 11.5. The Bertz CT molecular complexity index is 1240. The molecule has 0 unspecified atom stereocenters. The Balaban J connectivity index is 1.92.